The molecule has 0 aliphatic carbocycles. The van der Waals surface area contributed by atoms with Crippen LogP contribution in [0.2, 0.25) is 0 Å². The zero-order valence-electron chi connectivity index (χ0n) is 8.83. The van der Waals surface area contributed by atoms with E-state index in [0.717, 1.165) is 12.1 Å². The van der Waals surface area contributed by atoms with Crippen LogP contribution in [0, 0.1) is 0 Å². The molecule has 0 radical (unpaired) electrons. The summed E-state index contributed by atoms with van der Waals surface area (Å²) in [5, 5.41) is 8.89. The van der Waals surface area contributed by atoms with Crippen LogP contribution in [0.4, 0.5) is 13.2 Å². The normalized spacial score (nSPS) is 19.2. The van der Waals surface area contributed by atoms with E-state index in [9.17, 15) is 13.2 Å². The number of halogens is 3. The molecule has 1 fully saturated rings. The maximum atomic E-state index is 12.5. The molecule has 94 valence electrons. The molecule has 1 aromatic rings. The predicted octanol–water partition coefficient (Wildman–Crippen LogP) is 1.98. The summed E-state index contributed by atoms with van der Waals surface area (Å²) in [6.07, 6.45) is -4.47. The molecule has 1 aliphatic heterocycles. The van der Waals surface area contributed by atoms with Crippen LogP contribution in [0.5, 0.6) is 5.75 Å². The van der Waals surface area contributed by atoms with Gasteiger partial charge in [-0.3, -0.25) is 0 Å². The van der Waals surface area contributed by atoms with Crippen molar-refractivity contribution in [3.05, 3.63) is 29.3 Å². The van der Waals surface area contributed by atoms with Gasteiger partial charge < -0.3 is 14.6 Å². The van der Waals surface area contributed by atoms with Crippen molar-refractivity contribution in [1.82, 2.24) is 0 Å². The Kier molecular flexibility index (Phi) is 3.26. The Balaban J connectivity index is 2.18. The fraction of sp³-hybridized carbons (Fsp3) is 0.455. The van der Waals surface area contributed by atoms with Gasteiger partial charge in [0.1, 0.15) is 18.5 Å². The summed E-state index contributed by atoms with van der Waals surface area (Å²) >= 11 is 0. The number of epoxide rings is 1. The van der Waals surface area contributed by atoms with Crippen LogP contribution in [0.25, 0.3) is 0 Å². The van der Waals surface area contributed by atoms with Crippen LogP contribution in [-0.4, -0.2) is 24.4 Å². The van der Waals surface area contributed by atoms with Gasteiger partial charge in [0.15, 0.2) is 0 Å². The van der Waals surface area contributed by atoms with E-state index in [0.29, 0.717) is 6.61 Å². The Morgan fingerprint density at radius 1 is 1.35 bits per heavy atom. The Morgan fingerprint density at radius 3 is 2.59 bits per heavy atom. The minimum atomic E-state index is -4.45. The molecule has 1 atom stereocenters. The van der Waals surface area contributed by atoms with E-state index in [1.807, 2.05) is 0 Å². The second-order valence-electron chi connectivity index (χ2n) is 3.79. The molecular weight excluding hydrogens is 237 g/mol. The Labute approximate surface area is 95.8 Å². The molecule has 1 heterocycles. The predicted molar refractivity (Wildman–Crippen MR) is 52.6 cm³/mol. The van der Waals surface area contributed by atoms with E-state index in [4.69, 9.17) is 14.6 Å². The molecule has 6 heteroatoms. The van der Waals surface area contributed by atoms with Gasteiger partial charge >= 0.3 is 6.18 Å². The molecule has 17 heavy (non-hydrogen) atoms. The third kappa shape index (κ3) is 3.34. The van der Waals surface area contributed by atoms with E-state index in [1.165, 1.54) is 6.07 Å². The number of ether oxygens (including phenoxy) is 2. The largest absolute Gasteiger partial charge is 0.491 e. The Hall–Kier alpha value is -1.27. The minimum Gasteiger partial charge on any atom is -0.491 e. The van der Waals surface area contributed by atoms with Crippen LogP contribution in [0.1, 0.15) is 11.1 Å². The monoisotopic (exact) mass is 248 g/mol. The quantitative estimate of drug-likeness (QED) is 0.828. The summed E-state index contributed by atoms with van der Waals surface area (Å²) in [6, 6.07) is 3.21. The van der Waals surface area contributed by atoms with Crippen molar-refractivity contribution in [3.63, 3.8) is 0 Å². The highest BCUT2D eigenvalue weighted by molar-refractivity contribution is 5.35. The molecule has 0 amide bonds. The van der Waals surface area contributed by atoms with Crippen LogP contribution in [0.15, 0.2) is 18.2 Å². The van der Waals surface area contributed by atoms with Gasteiger partial charge in [-0.2, -0.15) is 13.2 Å². The average molecular weight is 248 g/mol. The van der Waals surface area contributed by atoms with Crippen LogP contribution in [-0.2, 0) is 17.5 Å². The van der Waals surface area contributed by atoms with Crippen molar-refractivity contribution in [2.75, 3.05) is 13.2 Å². The van der Waals surface area contributed by atoms with E-state index in [-0.39, 0.29) is 24.0 Å². The van der Waals surface area contributed by atoms with Gasteiger partial charge in [-0.25, -0.2) is 0 Å². The Bertz CT molecular complexity index is 399. The lowest BCUT2D eigenvalue weighted by molar-refractivity contribution is -0.137. The highest BCUT2D eigenvalue weighted by atomic mass is 19.4. The Morgan fingerprint density at radius 2 is 2.06 bits per heavy atom. The first-order chi connectivity index (χ1) is 7.99. The van der Waals surface area contributed by atoms with Crippen LogP contribution < -0.4 is 4.74 Å². The molecule has 1 N–H and O–H groups in total. The summed E-state index contributed by atoms with van der Waals surface area (Å²) in [5.41, 5.74) is -0.651. The molecular formula is C11H11F3O3. The number of alkyl halides is 3. The highest BCUT2D eigenvalue weighted by Crippen LogP contribution is 2.33. The average Bonchev–Trinajstić information content (AvgIpc) is 3.08. The highest BCUT2D eigenvalue weighted by Gasteiger charge is 2.31. The van der Waals surface area contributed by atoms with Gasteiger partial charge in [0, 0.05) is 0 Å². The van der Waals surface area contributed by atoms with Crippen molar-refractivity contribution in [2.24, 2.45) is 0 Å². The van der Waals surface area contributed by atoms with Crippen molar-refractivity contribution in [1.29, 1.82) is 0 Å². The van der Waals surface area contributed by atoms with Gasteiger partial charge in [0.2, 0.25) is 0 Å². The van der Waals surface area contributed by atoms with Gasteiger partial charge in [-0.1, -0.05) is 0 Å². The minimum absolute atomic E-state index is 0.0258. The molecule has 3 nitrogen and oxygen atoms in total. The summed E-state index contributed by atoms with van der Waals surface area (Å²) in [4.78, 5) is 0. The lowest BCUT2D eigenvalue weighted by atomic mass is 10.1. The van der Waals surface area contributed by atoms with Crippen molar-refractivity contribution >= 4 is 0 Å². The zero-order valence-corrected chi connectivity index (χ0v) is 8.83. The smallest absolute Gasteiger partial charge is 0.416 e. The fourth-order valence-electron chi connectivity index (χ4n) is 1.35. The lowest BCUT2D eigenvalue weighted by Crippen LogP contribution is -2.09. The fourth-order valence-corrected chi connectivity index (χ4v) is 1.35. The molecule has 2 rings (SSSR count). The molecule has 1 aliphatic rings. The second-order valence-corrected chi connectivity index (χ2v) is 3.79. The first kappa shape index (κ1) is 12.2. The molecule has 1 saturated heterocycles. The van der Waals surface area contributed by atoms with Gasteiger partial charge in [-0.05, 0) is 23.8 Å². The van der Waals surface area contributed by atoms with Crippen molar-refractivity contribution < 1.29 is 27.8 Å². The van der Waals surface area contributed by atoms with E-state index < -0.39 is 18.3 Å². The summed E-state index contributed by atoms with van der Waals surface area (Å²) in [6.45, 7) is 0.345. The summed E-state index contributed by atoms with van der Waals surface area (Å²) < 4.78 is 47.7. The first-order valence-electron chi connectivity index (χ1n) is 5.05. The number of aliphatic hydroxyl groups excluding tert-OH is 1. The third-order valence-corrected chi connectivity index (χ3v) is 2.31. The number of aliphatic hydroxyl groups is 1. The van der Waals surface area contributed by atoms with Gasteiger partial charge in [0.05, 0.1) is 18.8 Å². The zero-order chi connectivity index (χ0) is 12.5. The van der Waals surface area contributed by atoms with E-state index in [2.05, 4.69) is 0 Å². The van der Waals surface area contributed by atoms with Crippen molar-refractivity contribution in [3.8, 4) is 5.75 Å². The molecule has 0 aromatic heterocycles. The number of hydrogen-bond donors (Lipinski definition) is 1. The third-order valence-electron chi connectivity index (χ3n) is 2.31. The number of benzene rings is 1. The standard InChI is InChI=1S/C11H11F3O3/c12-11(13,14)8-1-7(4-15)2-9(3-8)16-5-10-6-17-10/h1-3,10,15H,4-6H2. The van der Waals surface area contributed by atoms with Gasteiger partial charge in [-0.15, -0.1) is 0 Å². The molecule has 1 unspecified atom stereocenters. The molecule has 0 bridgehead atoms. The van der Waals surface area contributed by atoms with Crippen LogP contribution in [0.3, 0.4) is 0 Å². The maximum absolute atomic E-state index is 12.5. The second kappa shape index (κ2) is 4.54. The van der Waals surface area contributed by atoms with Gasteiger partial charge in [0.25, 0.3) is 0 Å². The van der Waals surface area contributed by atoms with E-state index >= 15 is 0 Å². The maximum Gasteiger partial charge on any atom is 0.416 e. The van der Waals surface area contributed by atoms with E-state index in [1.54, 1.807) is 0 Å². The molecule has 0 spiro atoms. The van der Waals surface area contributed by atoms with Crippen molar-refractivity contribution in [2.45, 2.75) is 18.9 Å². The topological polar surface area (TPSA) is 42.0 Å². The lowest BCUT2D eigenvalue weighted by Gasteiger charge is -2.11. The number of hydrogen-bond acceptors (Lipinski definition) is 3. The summed E-state index contributed by atoms with van der Waals surface area (Å²) in [7, 11) is 0. The number of rotatable bonds is 4. The molecule has 1 aromatic carbocycles. The summed E-state index contributed by atoms with van der Waals surface area (Å²) in [5.74, 6) is 0.0966. The first-order valence-corrected chi connectivity index (χ1v) is 5.05. The SMILES string of the molecule is OCc1cc(OCC2CO2)cc(C(F)(F)F)c1. The van der Waals surface area contributed by atoms with Crippen LogP contribution >= 0.6 is 0 Å². The molecule has 0 saturated carbocycles.